The van der Waals surface area contributed by atoms with E-state index in [9.17, 15) is 4.79 Å². The summed E-state index contributed by atoms with van der Waals surface area (Å²) in [7, 11) is 0. The van der Waals surface area contributed by atoms with Gasteiger partial charge in [0, 0.05) is 11.1 Å². The maximum absolute atomic E-state index is 14.6. The number of piperidine rings is 1. The highest BCUT2D eigenvalue weighted by Gasteiger charge is 2.71. The van der Waals surface area contributed by atoms with E-state index in [4.69, 9.17) is 0 Å². The molecule has 0 aromatic rings. The van der Waals surface area contributed by atoms with E-state index in [0.717, 1.165) is 37.0 Å². The second kappa shape index (κ2) is 5.38. The van der Waals surface area contributed by atoms with Crippen molar-refractivity contribution in [3.63, 3.8) is 0 Å². The molecule has 4 aliphatic carbocycles. The lowest BCUT2D eigenvalue weighted by Gasteiger charge is -2.75. The normalized spacial score (nSPS) is 43.8. The van der Waals surface area contributed by atoms with Gasteiger partial charge in [-0.25, -0.2) is 0 Å². The van der Waals surface area contributed by atoms with E-state index in [-0.39, 0.29) is 32.7 Å². The Kier molecular flexibility index (Phi) is 3.99. The van der Waals surface area contributed by atoms with Gasteiger partial charge in [0.05, 0.1) is 5.41 Å². The summed E-state index contributed by atoms with van der Waals surface area (Å²) in [4.78, 5) is 17.0. The molecule has 0 radical (unpaired) electrons. The topological polar surface area (TPSA) is 20.3 Å². The fourth-order valence-corrected chi connectivity index (χ4v) is 8.69. The molecule has 0 unspecified atom stereocenters. The highest BCUT2D eigenvalue weighted by molar-refractivity contribution is 5.85. The van der Waals surface area contributed by atoms with Crippen molar-refractivity contribution in [3.05, 3.63) is 0 Å². The number of likely N-dealkylation sites (tertiary alicyclic amines) is 1. The Bertz CT molecular complexity index is 628. The quantitative estimate of drug-likeness (QED) is 0.491. The van der Waals surface area contributed by atoms with Crippen LogP contribution in [-0.2, 0) is 4.79 Å². The summed E-state index contributed by atoms with van der Waals surface area (Å²) in [5, 5.41) is 0. The van der Waals surface area contributed by atoms with Crippen molar-refractivity contribution in [1.29, 1.82) is 0 Å². The molecule has 1 heterocycles. The van der Waals surface area contributed by atoms with Crippen LogP contribution in [0.25, 0.3) is 0 Å². The van der Waals surface area contributed by atoms with E-state index in [1.165, 1.54) is 19.3 Å². The smallest absolute Gasteiger partial charge is 0.229 e. The number of amides is 1. The van der Waals surface area contributed by atoms with E-state index in [2.05, 4.69) is 74.1 Å². The minimum absolute atomic E-state index is 0.0109. The van der Waals surface area contributed by atoms with Gasteiger partial charge in [-0.05, 0) is 100 Å². The molecular formula is C26H45NO. The maximum atomic E-state index is 14.6. The molecular weight excluding hydrogens is 342 g/mol. The zero-order valence-corrected chi connectivity index (χ0v) is 20.3. The molecule has 0 N–H and O–H groups in total. The van der Waals surface area contributed by atoms with Crippen LogP contribution in [0.1, 0.15) is 108 Å². The van der Waals surface area contributed by atoms with Gasteiger partial charge in [0.1, 0.15) is 0 Å². The van der Waals surface area contributed by atoms with Gasteiger partial charge >= 0.3 is 0 Å². The van der Waals surface area contributed by atoms with Crippen LogP contribution >= 0.6 is 0 Å². The molecule has 5 fully saturated rings. The number of carbonyl (C=O) groups is 1. The first-order valence-electron chi connectivity index (χ1n) is 11.9. The van der Waals surface area contributed by atoms with Crippen LogP contribution in [0.4, 0.5) is 0 Å². The number of rotatable bonds is 1. The van der Waals surface area contributed by atoms with Crippen molar-refractivity contribution in [2.24, 2.45) is 39.4 Å². The van der Waals surface area contributed by atoms with Gasteiger partial charge in [0.2, 0.25) is 5.91 Å². The summed E-state index contributed by atoms with van der Waals surface area (Å²) in [6.07, 6.45) is 7.65. The molecule has 0 aromatic carbocycles. The molecule has 1 amide bonds. The molecule has 4 saturated carbocycles. The van der Waals surface area contributed by atoms with Gasteiger partial charge in [-0.2, -0.15) is 0 Å². The highest BCUT2D eigenvalue weighted by Crippen LogP contribution is 2.69. The van der Waals surface area contributed by atoms with Crippen molar-refractivity contribution in [2.75, 3.05) is 0 Å². The predicted molar refractivity (Wildman–Crippen MR) is 117 cm³/mol. The van der Waals surface area contributed by atoms with Crippen LogP contribution in [0.15, 0.2) is 0 Å². The number of nitrogens with zero attached hydrogens (tertiary/aromatic N) is 1. The van der Waals surface area contributed by atoms with E-state index >= 15 is 0 Å². The molecule has 4 bridgehead atoms. The van der Waals surface area contributed by atoms with Gasteiger partial charge in [-0.1, -0.05) is 41.5 Å². The minimum Gasteiger partial charge on any atom is -0.331 e. The summed E-state index contributed by atoms with van der Waals surface area (Å²) in [6, 6.07) is 0. The molecule has 5 rings (SSSR count). The Morgan fingerprint density at radius 1 is 0.607 bits per heavy atom. The van der Waals surface area contributed by atoms with E-state index < -0.39 is 0 Å². The van der Waals surface area contributed by atoms with Crippen molar-refractivity contribution < 1.29 is 4.79 Å². The highest BCUT2D eigenvalue weighted by atomic mass is 16.2. The van der Waals surface area contributed by atoms with Crippen LogP contribution in [-0.4, -0.2) is 21.9 Å². The lowest BCUT2D eigenvalue weighted by atomic mass is 9.40. The van der Waals surface area contributed by atoms with E-state index in [0.29, 0.717) is 5.91 Å². The number of carbonyl (C=O) groups excluding carboxylic acids is 1. The number of hydrogen-bond donors (Lipinski definition) is 0. The van der Waals surface area contributed by atoms with Gasteiger partial charge in [0.15, 0.2) is 0 Å². The summed E-state index contributed by atoms with van der Waals surface area (Å²) < 4.78 is 0. The van der Waals surface area contributed by atoms with Gasteiger partial charge in [-0.15, -0.1) is 0 Å². The Hall–Kier alpha value is -0.530. The van der Waals surface area contributed by atoms with E-state index in [1.807, 2.05) is 0 Å². The lowest BCUT2D eigenvalue weighted by molar-refractivity contribution is -0.251. The largest absolute Gasteiger partial charge is 0.331 e. The van der Waals surface area contributed by atoms with Crippen LogP contribution in [0.2, 0.25) is 0 Å². The Morgan fingerprint density at radius 2 is 0.929 bits per heavy atom. The molecule has 0 aromatic heterocycles. The standard InChI is InChI=1S/C26H45NO/c1-21(2)22(3,4)24(7,8)27(25(9,10)23(21,5)6)20(28)26-14-17-11-18(15-26)13-19(12-17)16-26/h17-19H,11-16H2,1-10H3. The molecule has 2 nitrogen and oxygen atoms in total. The molecule has 0 atom stereocenters. The van der Waals surface area contributed by atoms with Gasteiger partial charge < -0.3 is 4.90 Å². The third-order valence-electron chi connectivity index (χ3n) is 12.0. The SMILES string of the molecule is CC1(C)N(C(=O)C23CC4CC(CC(C4)C2)C3)C(C)(C)C(C)(C)C(C)(C)C1(C)C. The van der Waals surface area contributed by atoms with Crippen molar-refractivity contribution >= 4 is 5.91 Å². The van der Waals surface area contributed by atoms with Crippen molar-refractivity contribution in [1.82, 2.24) is 4.90 Å². The van der Waals surface area contributed by atoms with E-state index in [1.54, 1.807) is 0 Å². The zero-order chi connectivity index (χ0) is 21.1. The van der Waals surface area contributed by atoms with Gasteiger partial charge in [0.25, 0.3) is 0 Å². The van der Waals surface area contributed by atoms with Crippen LogP contribution in [0.3, 0.4) is 0 Å². The Morgan fingerprint density at radius 3 is 1.25 bits per heavy atom. The Labute approximate surface area is 174 Å². The Balaban J connectivity index is 1.83. The minimum atomic E-state index is -0.185. The summed E-state index contributed by atoms with van der Waals surface area (Å²) in [5.41, 5.74) is -0.317. The van der Waals surface area contributed by atoms with Gasteiger partial charge in [-0.3, -0.25) is 4.79 Å². The monoisotopic (exact) mass is 387 g/mol. The average molecular weight is 388 g/mol. The molecule has 0 spiro atoms. The summed E-state index contributed by atoms with van der Waals surface area (Å²) in [6.45, 7) is 23.9. The van der Waals surface area contributed by atoms with Crippen molar-refractivity contribution in [2.45, 2.75) is 119 Å². The fourth-order valence-electron chi connectivity index (χ4n) is 8.69. The van der Waals surface area contributed by atoms with Crippen molar-refractivity contribution in [3.8, 4) is 0 Å². The third kappa shape index (κ3) is 2.14. The fraction of sp³-hybridized carbons (Fsp3) is 0.962. The number of hydrogen-bond acceptors (Lipinski definition) is 1. The third-order valence-corrected chi connectivity index (χ3v) is 12.0. The first-order chi connectivity index (χ1) is 12.5. The summed E-state index contributed by atoms with van der Waals surface area (Å²) in [5.74, 6) is 2.93. The van der Waals surface area contributed by atoms with Crippen LogP contribution in [0.5, 0.6) is 0 Å². The second-order valence-corrected chi connectivity index (χ2v) is 13.8. The first-order valence-corrected chi connectivity index (χ1v) is 11.9. The zero-order valence-electron chi connectivity index (χ0n) is 20.3. The molecule has 160 valence electrons. The maximum Gasteiger partial charge on any atom is 0.229 e. The lowest BCUT2D eigenvalue weighted by Crippen LogP contribution is -2.80. The van der Waals surface area contributed by atoms with Crippen LogP contribution < -0.4 is 0 Å². The predicted octanol–water partition coefficient (Wildman–Crippen LogP) is 6.68. The molecule has 1 saturated heterocycles. The molecule has 2 heteroatoms. The molecule has 5 aliphatic rings. The molecule has 28 heavy (non-hydrogen) atoms. The summed E-state index contributed by atoms with van der Waals surface area (Å²) >= 11 is 0. The second-order valence-electron chi connectivity index (χ2n) is 13.8. The first kappa shape index (κ1) is 20.7. The van der Waals surface area contributed by atoms with Crippen LogP contribution in [0, 0.1) is 39.4 Å². The average Bonchev–Trinajstić information content (AvgIpc) is 2.51. The molecule has 1 aliphatic heterocycles.